The molecule has 2 aromatic rings. The van der Waals surface area contributed by atoms with Crippen LogP contribution in [0.15, 0.2) is 24.4 Å². The van der Waals surface area contributed by atoms with Crippen LogP contribution in [0.4, 0.5) is 5.69 Å². The maximum atomic E-state index is 5.88. The van der Waals surface area contributed by atoms with Gasteiger partial charge in [-0.05, 0) is 30.7 Å². The van der Waals surface area contributed by atoms with Crippen LogP contribution in [0, 0.1) is 6.92 Å². The minimum atomic E-state index is 0.859. The van der Waals surface area contributed by atoms with Crippen LogP contribution in [-0.2, 0) is 7.05 Å². The molecule has 0 bridgehead atoms. The van der Waals surface area contributed by atoms with E-state index in [1.807, 2.05) is 23.9 Å². The lowest BCUT2D eigenvalue weighted by Crippen LogP contribution is -1.92. The smallest absolute Gasteiger partial charge is 0.0711 e. The van der Waals surface area contributed by atoms with E-state index in [2.05, 4.69) is 19.1 Å². The van der Waals surface area contributed by atoms with E-state index in [4.69, 9.17) is 5.73 Å². The van der Waals surface area contributed by atoms with Gasteiger partial charge in [0.2, 0.25) is 0 Å². The summed E-state index contributed by atoms with van der Waals surface area (Å²) in [5.74, 6) is 0. The average molecular weight is 160 g/mol. The van der Waals surface area contributed by atoms with Crippen molar-refractivity contribution in [3.05, 3.63) is 30.0 Å². The van der Waals surface area contributed by atoms with Gasteiger partial charge >= 0.3 is 0 Å². The molecule has 2 heteroatoms. The molecule has 1 heterocycles. The van der Waals surface area contributed by atoms with Gasteiger partial charge in [-0.1, -0.05) is 0 Å². The molecule has 0 saturated carbocycles. The number of benzene rings is 1. The molecule has 0 aliphatic carbocycles. The molecule has 0 amide bonds. The molecule has 0 aliphatic rings. The fraction of sp³-hybridized carbons (Fsp3) is 0.200. The molecule has 12 heavy (non-hydrogen) atoms. The van der Waals surface area contributed by atoms with E-state index < -0.39 is 0 Å². The summed E-state index contributed by atoms with van der Waals surface area (Å²) in [5.41, 5.74) is 9.08. The number of hydrogen-bond acceptors (Lipinski definition) is 1. The van der Waals surface area contributed by atoms with Crippen LogP contribution in [0.2, 0.25) is 0 Å². The van der Waals surface area contributed by atoms with Crippen molar-refractivity contribution in [2.75, 3.05) is 5.73 Å². The fourth-order valence-corrected chi connectivity index (χ4v) is 1.64. The molecule has 1 aromatic carbocycles. The van der Waals surface area contributed by atoms with E-state index in [0.29, 0.717) is 0 Å². The van der Waals surface area contributed by atoms with Crippen LogP contribution in [0.5, 0.6) is 0 Å². The lowest BCUT2D eigenvalue weighted by atomic mass is 10.1. The molecular formula is C10H12N2. The summed E-state index contributed by atoms with van der Waals surface area (Å²) in [6.45, 7) is 2.06. The van der Waals surface area contributed by atoms with Crippen molar-refractivity contribution in [2.24, 2.45) is 7.05 Å². The van der Waals surface area contributed by atoms with Crippen LogP contribution in [0.1, 0.15) is 5.56 Å². The van der Waals surface area contributed by atoms with Gasteiger partial charge in [0.05, 0.1) is 11.2 Å². The van der Waals surface area contributed by atoms with E-state index in [1.165, 1.54) is 10.9 Å². The molecule has 0 fully saturated rings. The summed E-state index contributed by atoms with van der Waals surface area (Å²) in [4.78, 5) is 0. The summed E-state index contributed by atoms with van der Waals surface area (Å²) >= 11 is 0. The SMILES string of the molecule is Cc1cc(N)c2c(ccn2C)c1. The predicted octanol–water partition coefficient (Wildman–Crippen LogP) is 2.07. The first-order valence-electron chi connectivity index (χ1n) is 3.99. The van der Waals surface area contributed by atoms with Gasteiger partial charge in [-0.15, -0.1) is 0 Å². The average Bonchev–Trinajstić information content (AvgIpc) is 2.31. The Bertz CT molecular complexity index is 427. The number of nitrogen functional groups attached to an aromatic ring is 1. The molecule has 2 nitrogen and oxygen atoms in total. The lowest BCUT2D eigenvalue weighted by Gasteiger charge is -2.01. The van der Waals surface area contributed by atoms with Gasteiger partial charge in [0.15, 0.2) is 0 Å². The molecule has 0 atom stereocenters. The van der Waals surface area contributed by atoms with E-state index in [0.717, 1.165) is 11.2 Å². The molecule has 0 unspecified atom stereocenters. The van der Waals surface area contributed by atoms with E-state index in [9.17, 15) is 0 Å². The Morgan fingerprint density at radius 1 is 1.33 bits per heavy atom. The Balaban J connectivity index is 2.93. The zero-order chi connectivity index (χ0) is 8.72. The first-order valence-corrected chi connectivity index (χ1v) is 3.99. The van der Waals surface area contributed by atoms with Gasteiger partial charge in [0.1, 0.15) is 0 Å². The summed E-state index contributed by atoms with van der Waals surface area (Å²) in [6.07, 6.45) is 2.03. The molecule has 2 rings (SSSR count). The highest BCUT2D eigenvalue weighted by molar-refractivity contribution is 5.91. The largest absolute Gasteiger partial charge is 0.397 e. The second-order valence-electron chi connectivity index (χ2n) is 3.22. The van der Waals surface area contributed by atoms with Gasteiger partial charge in [0, 0.05) is 18.6 Å². The van der Waals surface area contributed by atoms with Gasteiger partial charge in [-0.3, -0.25) is 0 Å². The summed E-state index contributed by atoms with van der Waals surface area (Å²) in [6, 6.07) is 6.23. The maximum absolute atomic E-state index is 5.88. The number of anilines is 1. The van der Waals surface area contributed by atoms with E-state index >= 15 is 0 Å². The molecule has 0 radical (unpaired) electrons. The Hall–Kier alpha value is -1.44. The Morgan fingerprint density at radius 2 is 2.08 bits per heavy atom. The summed E-state index contributed by atoms with van der Waals surface area (Å²) in [7, 11) is 2.01. The van der Waals surface area contributed by atoms with E-state index in [-0.39, 0.29) is 0 Å². The monoisotopic (exact) mass is 160 g/mol. The molecule has 0 aliphatic heterocycles. The number of fused-ring (bicyclic) bond motifs is 1. The molecule has 2 N–H and O–H groups in total. The number of aryl methyl sites for hydroxylation is 2. The van der Waals surface area contributed by atoms with Crippen molar-refractivity contribution in [1.29, 1.82) is 0 Å². The first kappa shape index (κ1) is 7.22. The predicted molar refractivity (Wildman–Crippen MR) is 52.1 cm³/mol. The summed E-state index contributed by atoms with van der Waals surface area (Å²) < 4.78 is 2.05. The minimum Gasteiger partial charge on any atom is -0.397 e. The third kappa shape index (κ3) is 0.881. The highest BCUT2D eigenvalue weighted by atomic mass is 14.9. The van der Waals surface area contributed by atoms with Gasteiger partial charge in [0.25, 0.3) is 0 Å². The lowest BCUT2D eigenvalue weighted by molar-refractivity contribution is 0.970. The van der Waals surface area contributed by atoms with Crippen molar-refractivity contribution in [1.82, 2.24) is 4.57 Å². The molecule has 62 valence electrons. The third-order valence-corrected chi connectivity index (χ3v) is 2.14. The quantitative estimate of drug-likeness (QED) is 0.587. The standard InChI is InChI=1S/C10H12N2/c1-7-5-8-3-4-12(2)10(8)9(11)6-7/h3-6H,11H2,1-2H3. The highest BCUT2D eigenvalue weighted by Gasteiger charge is 2.01. The van der Waals surface area contributed by atoms with Crippen molar-refractivity contribution in [2.45, 2.75) is 6.92 Å². The van der Waals surface area contributed by atoms with Crippen LogP contribution in [0.3, 0.4) is 0 Å². The Kier molecular flexibility index (Phi) is 1.37. The van der Waals surface area contributed by atoms with Gasteiger partial charge in [-0.25, -0.2) is 0 Å². The normalized spacial score (nSPS) is 10.8. The van der Waals surface area contributed by atoms with Crippen molar-refractivity contribution in [3.8, 4) is 0 Å². The summed E-state index contributed by atoms with van der Waals surface area (Å²) in [5, 5.41) is 1.22. The number of hydrogen-bond donors (Lipinski definition) is 1. The first-order chi connectivity index (χ1) is 5.68. The van der Waals surface area contributed by atoms with Crippen molar-refractivity contribution in [3.63, 3.8) is 0 Å². The van der Waals surface area contributed by atoms with Crippen LogP contribution < -0.4 is 5.73 Å². The fourth-order valence-electron chi connectivity index (χ4n) is 1.64. The number of nitrogens with two attached hydrogens (primary N) is 1. The zero-order valence-electron chi connectivity index (χ0n) is 7.33. The number of aromatic nitrogens is 1. The van der Waals surface area contributed by atoms with Crippen LogP contribution in [-0.4, -0.2) is 4.57 Å². The van der Waals surface area contributed by atoms with Crippen LogP contribution >= 0.6 is 0 Å². The second kappa shape index (κ2) is 2.27. The topological polar surface area (TPSA) is 30.9 Å². The molecule has 1 aromatic heterocycles. The molecule has 0 spiro atoms. The molecular weight excluding hydrogens is 148 g/mol. The van der Waals surface area contributed by atoms with Crippen molar-refractivity contribution >= 4 is 16.6 Å². The zero-order valence-corrected chi connectivity index (χ0v) is 7.33. The van der Waals surface area contributed by atoms with Crippen molar-refractivity contribution < 1.29 is 0 Å². The van der Waals surface area contributed by atoms with Crippen LogP contribution in [0.25, 0.3) is 10.9 Å². The highest BCUT2D eigenvalue weighted by Crippen LogP contribution is 2.22. The van der Waals surface area contributed by atoms with Gasteiger partial charge < -0.3 is 10.3 Å². The Morgan fingerprint density at radius 3 is 2.83 bits per heavy atom. The number of nitrogens with zero attached hydrogens (tertiary/aromatic N) is 1. The second-order valence-corrected chi connectivity index (χ2v) is 3.22. The third-order valence-electron chi connectivity index (χ3n) is 2.14. The van der Waals surface area contributed by atoms with Gasteiger partial charge in [-0.2, -0.15) is 0 Å². The minimum absolute atomic E-state index is 0.859. The van der Waals surface area contributed by atoms with E-state index in [1.54, 1.807) is 0 Å². The molecule has 0 saturated heterocycles. The Labute approximate surface area is 71.6 Å². The number of rotatable bonds is 0. The maximum Gasteiger partial charge on any atom is 0.0711 e.